The molecule has 0 fully saturated rings. The van der Waals surface area contributed by atoms with Gasteiger partial charge in [-0.1, -0.05) is 33.8 Å². The first-order chi connectivity index (χ1) is 10.5. The third kappa shape index (κ3) is 5.18. The van der Waals surface area contributed by atoms with Crippen LogP contribution in [0.15, 0.2) is 17.6 Å². The van der Waals surface area contributed by atoms with Crippen molar-refractivity contribution in [3.8, 4) is 0 Å². The van der Waals surface area contributed by atoms with Gasteiger partial charge in [0.25, 0.3) is 5.56 Å². The van der Waals surface area contributed by atoms with Crippen molar-refractivity contribution in [2.75, 3.05) is 31.1 Å². The Labute approximate surface area is 132 Å². The quantitative estimate of drug-likeness (QED) is 0.610. The first-order valence-corrected chi connectivity index (χ1v) is 8.00. The molecule has 22 heavy (non-hydrogen) atoms. The summed E-state index contributed by atoms with van der Waals surface area (Å²) < 4.78 is 0. The SMILES string of the molecule is C=C(NCCN)c1cnc(N(CCC)CC(C)CC)c(=O)[nH]1. The second-order valence-electron chi connectivity index (χ2n) is 5.60. The lowest BCUT2D eigenvalue weighted by molar-refractivity contribution is 0.537. The molecular weight excluding hydrogens is 278 g/mol. The number of aromatic amines is 1. The number of anilines is 1. The van der Waals surface area contributed by atoms with Crippen LogP contribution < -0.4 is 21.5 Å². The molecule has 6 nitrogen and oxygen atoms in total. The zero-order chi connectivity index (χ0) is 16.5. The molecule has 0 amide bonds. The molecule has 0 aliphatic rings. The van der Waals surface area contributed by atoms with Crippen molar-refractivity contribution in [1.29, 1.82) is 0 Å². The molecule has 0 bridgehead atoms. The topological polar surface area (TPSA) is 87.0 Å². The van der Waals surface area contributed by atoms with Gasteiger partial charge in [-0.3, -0.25) is 4.79 Å². The average Bonchev–Trinajstić information content (AvgIpc) is 2.51. The third-order valence-corrected chi connectivity index (χ3v) is 3.60. The van der Waals surface area contributed by atoms with E-state index >= 15 is 0 Å². The number of H-pyrrole nitrogens is 1. The van der Waals surface area contributed by atoms with Crippen molar-refractivity contribution in [3.63, 3.8) is 0 Å². The van der Waals surface area contributed by atoms with Gasteiger partial charge in [0.1, 0.15) is 0 Å². The highest BCUT2D eigenvalue weighted by atomic mass is 16.1. The lowest BCUT2D eigenvalue weighted by Gasteiger charge is -2.25. The van der Waals surface area contributed by atoms with E-state index in [9.17, 15) is 4.79 Å². The number of nitrogens with one attached hydrogen (secondary N) is 2. The molecule has 0 saturated carbocycles. The zero-order valence-electron chi connectivity index (χ0n) is 14.0. The summed E-state index contributed by atoms with van der Waals surface area (Å²) >= 11 is 0. The Kier molecular flexibility index (Phi) is 7.66. The van der Waals surface area contributed by atoms with Crippen LogP contribution in [-0.4, -0.2) is 36.1 Å². The van der Waals surface area contributed by atoms with Crippen molar-refractivity contribution in [3.05, 3.63) is 28.8 Å². The maximum atomic E-state index is 12.4. The Morgan fingerprint density at radius 3 is 2.82 bits per heavy atom. The Bertz CT molecular complexity index is 526. The van der Waals surface area contributed by atoms with E-state index in [1.807, 2.05) is 0 Å². The van der Waals surface area contributed by atoms with E-state index in [4.69, 9.17) is 5.73 Å². The van der Waals surface area contributed by atoms with Crippen molar-refractivity contribution < 1.29 is 0 Å². The van der Waals surface area contributed by atoms with E-state index in [2.05, 4.69) is 47.5 Å². The van der Waals surface area contributed by atoms with E-state index in [1.54, 1.807) is 6.20 Å². The summed E-state index contributed by atoms with van der Waals surface area (Å²) in [7, 11) is 0. The second kappa shape index (κ2) is 9.25. The molecule has 1 unspecified atom stereocenters. The number of aromatic nitrogens is 2. The minimum Gasteiger partial charge on any atom is -0.383 e. The summed E-state index contributed by atoms with van der Waals surface area (Å²) in [4.78, 5) is 21.6. The van der Waals surface area contributed by atoms with Crippen LogP contribution in [0.25, 0.3) is 5.70 Å². The van der Waals surface area contributed by atoms with Gasteiger partial charge >= 0.3 is 0 Å². The Hall–Kier alpha value is -1.82. The highest BCUT2D eigenvalue weighted by molar-refractivity contribution is 5.58. The lowest BCUT2D eigenvalue weighted by Crippen LogP contribution is -2.35. The molecule has 124 valence electrons. The molecule has 1 heterocycles. The molecule has 1 aromatic rings. The minimum atomic E-state index is -0.176. The molecular formula is C16H29N5O. The van der Waals surface area contributed by atoms with Gasteiger partial charge in [-0.15, -0.1) is 0 Å². The first kappa shape index (κ1) is 18.2. The van der Waals surface area contributed by atoms with Crippen molar-refractivity contribution in [2.45, 2.75) is 33.6 Å². The highest BCUT2D eigenvalue weighted by Crippen LogP contribution is 2.12. The average molecular weight is 307 g/mol. The maximum Gasteiger partial charge on any atom is 0.291 e. The monoisotopic (exact) mass is 307 g/mol. The molecule has 1 aromatic heterocycles. The third-order valence-electron chi connectivity index (χ3n) is 3.60. The van der Waals surface area contributed by atoms with Crippen LogP contribution in [0.4, 0.5) is 5.82 Å². The van der Waals surface area contributed by atoms with Crippen LogP contribution in [0.5, 0.6) is 0 Å². The lowest BCUT2D eigenvalue weighted by atomic mass is 10.1. The molecule has 1 rings (SSSR count). The Morgan fingerprint density at radius 2 is 2.27 bits per heavy atom. The van der Waals surface area contributed by atoms with Crippen molar-refractivity contribution in [1.82, 2.24) is 15.3 Å². The maximum absolute atomic E-state index is 12.4. The predicted molar refractivity (Wildman–Crippen MR) is 92.9 cm³/mol. The Morgan fingerprint density at radius 1 is 1.55 bits per heavy atom. The van der Waals surface area contributed by atoms with Crippen LogP contribution in [0.1, 0.15) is 39.3 Å². The van der Waals surface area contributed by atoms with Gasteiger partial charge in [0.15, 0.2) is 5.82 Å². The zero-order valence-corrected chi connectivity index (χ0v) is 14.0. The predicted octanol–water partition coefficient (Wildman–Crippen LogP) is 1.55. The van der Waals surface area contributed by atoms with Crippen molar-refractivity contribution >= 4 is 11.5 Å². The fraction of sp³-hybridized carbons (Fsp3) is 0.625. The van der Waals surface area contributed by atoms with Gasteiger partial charge in [0.05, 0.1) is 17.6 Å². The second-order valence-corrected chi connectivity index (χ2v) is 5.60. The fourth-order valence-corrected chi connectivity index (χ4v) is 2.15. The van der Waals surface area contributed by atoms with Gasteiger partial charge in [0, 0.05) is 26.2 Å². The molecule has 4 N–H and O–H groups in total. The van der Waals surface area contributed by atoms with Gasteiger partial charge in [0.2, 0.25) is 0 Å². The van der Waals surface area contributed by atoms with E-state index in [1.165, 1.54) is 0 Å². The number of nitrogens with two attached hydrogens (primary N) is 1. The molecule has 0 radical (unpaired) electrons. The smallest absolute Gasteiger partial charge is 0.291 e. The van der Waals surface area contributed by atoms with Crippen molar-refractivity contribution in [2.24, 2.45) is 11.7 Å². The van der Waals surface area contributed by atoms with Crippen LogP contribution in [0.2, 0.25) is 0 Å². The molecule has 0 aliphatic carbocycles. The molecule has 6 heteroatoms. The van der Waals surface area contributed by atoms with Gasteiger partial charge < -0.3 is 20.9 Å². The molecule has 0 spiro atoms. The Balaban J connectivity index is 2.94. The van der Waals surface area contributed by atoms with E-state index < -0.39 is 0 Å². The first-order valence-electron chi connectivity index (χ1n) is 8.00. The number of hydrogen-bond donors (Lipinski definition) is 3. The van der Waals surface area contributed by atoms with E-state index in [0.717, 1.165) is 25.9 Å². The largest absolute Gasteiger partial charge is 0.383 e. The number of rotatable bonds is 10. The summed E-state index contributed by atoms with van der Waals surface area (Å²) in [6.45, 7) is 13.1. The molecule has 0 aliphatic heterocycles. The summed E-state index contributed by atoms with van der Waals surface area (Å²) in [5.74, 6) is 1.01. The number of nitrogens with zero attached hydrogens (tertiary/aromatic N) is 2. The minimum absolute atomic E-state index is 0.176. The van der Waals surface area contributed by atoms with Crippen LogP contribution >= 0.6 is 0 Å². The van der Waals surface area contributed by atoms with Crippen LogP contribution in [0, 0.1) is 5.92 Å². The summed E-state index contributed by atoms with van der Waals surface area (Å²) in [6, 6.07) is 0. The normalized spacial score (nSPS) is 12.0. The molecule has 0 aromatic carbocycles. The van der Waals surface area contributed by atoms with Gasteiger partial charge in [-0.25, -0.2) is 4.98 Å². The number of hydrogen-bond acceptors (Lipinski definition) is 5. The van der Waals surface area contributed by atoms with Gasteiger partial charge in [-0.05, 0) is 12.3 Å². The summed E-state index contributed by atoms with van der Waals surface area (Å²) in [5.41, 5.74) is 6.50. The standard InChI is InChI=1S/C16H29N5O/c1-5-9-21(11-12(3)6-2)15-16(22)20-14(10-19-15)13(4)18-8-7-17/h10,12,18H,4-9,11,17H2,1-3H3,(H,20,22). The van der Waals surface area contributed by atoms with Crippen LogP contribution in [-0.2, 0) is 0 Å². The van der Waals surface area contributed by atoms with E-state index in [-0.39, 0.29) is 5.56 Å². The summed E-state index contributed by atoms with van der Waals surface area (Å²) in [5, 5.41) is 3.05. The van der Waals surface area contributed by atoms with Crippen LogP contribution in [0.3, 0.4) is 0 Å². The fourth-order valence-electron chi connectivity index (χ4n) is 2.15. The van der Waals surface area contributed by atoms with E-state index in [0.29, 0.717) is 36.2 Å². The molecule has 0 saturated heterocycles. The highest BCUT2D eigenvalue weighted by Gasteiger charge is 2.15. The summed E-state index contributed by atoms with van der Waals surface area (Å²) in [6.07, 6.45) is 3.71. The van der Waals surface area contributed by atoms with Gasteiger partial charge in [-0.2, -0.15) is 0 Å². The molecule has 1 atom stereocenters.